The van der Waals surface area contributed by atoms with Crippen LogP contribution in [-0.4, -0.2) is 30.4 Å². The van der Waals surface area contributed by atoms with Crippen LogP contribution in [0.3, 0.4) is 0 Å². The van der Waals surface area contributed by atoms with E-state index in [-0.39, 0.29) is 0 Å². The van der Waals surface area contributed by atoms with E-state index in [1.54, 1.807) is 0 Å². The Morgan fingerprint density at radius 3 is 2.35 bits per heavy atom. The molecular formula is C14H28N2O. The number of hydrogen-bond donors (Lipinski definition) is 1. The molecule has 0 aliphatic carbocycles. The highest BCUT2D eigenvalue weighted by atomic mass is 16.2. The predicted octanol–water partition coefficient (Wildman–Crippen LogP) is 2.40. The summed E-state index contributed by atoms with van der Waals surface area (Å²) in [6, 6.07) is 0. The zero-order valence-corrected chi connectivity index (χ0v) is 11.5. The lowest BCUT2D eigenvalue weighted by molar-refractivity contribution is -0.132. The van der Waals surface area contributed by atoms with Crippen molar-refractivity contribution in [2.45, 2.75) is 52.4 Å². The summed E-state index contributed by atoms with van der Waals surface area (Å²) < 4.78 is 0. The van der Waals surface area contributed by atoms with Crippen molar-refractivity contribution < 1.29 is 4.79 Å². The molecule has 0 spiro atoms. The standard InChI is InChI=1S/C14H28N2O/c1-12(2)13(8-9-15)6-7-14(17)16-10-4-3-5-11-16/h12-13H,3-11,15H2,1-2H3. The Morgan fingerprint density at radius 2 is 1.82 bits per heavy atom. The first-order valence-electron chi connectivity index (χ1n) is 7.13. The van der Waals surface area contributed by atoms with Crippen molar-refractivity contribution in [1.29, 1.82) is 0 Å². The quantitative estimate of drug-likeness (QED) is 0.775. The molecule has 3 nitrogen and oxygen atoms in total. The molecule has 1 aliphatic rings. The van der Waals surface area contributed by atoms with E-state index >= 15 is 0 Å². The molecule has 0 saturated carbocycles. The highest BCUT2D eigenvalue weighted by molar-refractivity contribution is 5.76. The van der Waals surface area contributed by atoms with Crippen LogP contribution in [0.15, 0.2) is 0 Å². The van der Waals surface area contributed by atoms with Gasteiger partial charge in [-0.15, -0.1) is 0 Å². The number of amides is 1. The Morgan fingerprint density at radius 1 is 1.18 bits per heavy atom. The van der Waals surface area contributed by atoms with Gasteiger partial charge in [0.2, 0.25) is 5.91 Å². The van der Waals surface area contributed by atoms with Crippen molar-refractivity contribution in [3.05, 3.63) is 0 Å². The molecule has 1 fully saturated rings. The van der Waals surface area contributed by atoms with Crippen LogP contribution >= 0.6 is 0 Å². The van der Waals surface area contributed by atoms with Crippen LogP contribution in [0.25, 0.3) is 0 Å². The Hall–Kier alpha value is -0.570. The fourth-order valence-corrected chi connectivity index (χ4v) is 2.64. The van der Waals surface area contributed by atoms with Crippen LogP contribution in [0, 0.1) is 11.8 Å². The normalized spacial score (nSPS) is 18.5. The third-order valence-electron chi connectivity index (χ3n) is 3.92. The minimum Gasteiger partial charge on any atom is -0.343 e. The van der Waals surface area contributed by atoms with Crippen LogP contribution in [0.2, 0.25) is 0 Å². The summed E-state index contributed by atoms with van der Waals surface area (Å²) in [5.41, 5.74) is 5.62. The zero-order valence-electron chi connectivity index (χ0n) is 11.5. The molecule has 1 amide bonds. The van der Waals surface area contributed by atoms with Gasteiger partial charge in [-0.1, -0.05) is 13.8 Å². The molecular weight excluding hydrogens is 212 g/mol. The lowest BCUT2D eigenvalue weighted by atomic mass is 9.88. The van der Waals surface area contributed by atoms with E-state index in [0.717, 1.165) is 32.5 Å². The van der Waals surface area contributed by atoms with Crippen LogP contribution in [0.1, 0.15) is 52.4 Å². The summed E-state index contributed by atoms with van der Waals surface area (Å²) in [7, 11) is 0. The molecule has 2 N–H and O–H groups in total. The molecule has 1 atom stereocenters. The van der Waals surface area contributed by atoms with Crippen molar-refractivity contribution in [2.24, 2.45) is 17.6 Å². The van der Waals surface area contributed by atoms with Gasteiger partial charge in [0.25, 0.3) is 0 Å². The molecule has 0 aromatic rings. The van der Waals surface area contributed by atoms with Crippen LogP contribution in [0.4, 0.5) is 0 Å². The van der Waals surface area contributed by atoms with E-state index in [1.807, 2.05) is 4.90 Å². The number of nitrogens with two attached hydrogens (primary N) is 1. The largest absolute Gasteiger partial charge is 0.343 e. The van der Waals surface area contributed by atoms with E-state index in [1.165, 1.54) is 19.3 Å². The molecule has 0 aromatic heterocycles. The molecule has 0 radical (unpaired) electrons. The minimum absolute atomic E-state index is 0.354. The maximum atomic E-state index is 12.0. The van der Waals surface area contributed by atoms with E-state index in [0.29, 0.717) is 24.2 Å². The number of carbonyl (C=O) groups excluding carboxylic acids is 1. The van der Waals surface area contributed by atoms with Crippen molar-refractivity contribution in [1.82, 2.24) is 4.90 Å². The molecule has 17 heavy (non-hydrogen) atoms. The number of likely N-dealkylation sites (tertiary alicyclic amines) is 1. The molecule has 3 heteroatoms. The third kappa shape index (κ3) is 5.07. The van der Waals surface area contributed by atoms with Crippen molar-refractivity contribution in [2.75, 3.05) is 19.6 Å². The highest BCUT2D eigenvalue weighted by Crippen LogP contribution is 2.21. The van der Waals surface area contributed by atoms with Crippen molar-refractivity contribution >= 4 is 5.91 Å². The molecule has 1 aliphatic heterocycles. The summed E-state index contributed by atoms with van der Waals surface area (Å²) in [5.74, 6) is 1.59. The fraction of sp³-hybridized carbons (Fsp3) is 0.929. The Balaban J connectivity index is 2.29. The Labute approximate surface area is 106 Å². The highest BCUT2D eigenvalue weighted by Gasteiger charge is 2.19. The second-order valence-corrected chi connectivity index (χ2v) is 5.56. The number of nitrogens with zero attached hydrogens (tertiary/aromatic N) is 1. The van der Waals surface area contributed by atoms with Crippen LogP contribution in [-0.2, 0) is 4.79 Å². The average Bonchev–Trinajstić information content (AvgIpc) is 2.34. The van der Waals surface area contributed by atoms with Gasteiger partial charge in [-0.05, 0) is 50.5 Å². The van der Waals surface area contributed by atoms with E-state index < -0.39 is 0 Å². The first-order valence-corrected chi connectivity index (χ1v) is 7.13. The molecule has 1 saturated heterocycles. The van der Waals surface area contributed by atoms with Gasteiger partial charge in [0.1, 0.15) is 0 Å². The van der Waals surface area contributed by atoms with Crippen molar-refractivity contribution in [3.8, 4) is 0 Å². The predicted molar refractivity (Wildman–Crippen MR) is 71.7 cm³/mol. The SMILES string of the molecule is CC(C)C(CCN)CCC(=O)N1CCCCC1. The number of carbonyl (C=O) groups is 1. The maximum absolute atomic E-state index is 12.0. The van der Waals surface area contributed by atoms with Crippen LogP contribution < -0.4 is 5.73 Å². The second kappa shape index (κ2) is 7.70. The number of rotatable bonds is 6. The van der Waals surface area contributed by atoms with Gasteiger partial charge in [0.05, 0.1) is 0 Å². The van der Waals surface area contributed by atoms with Gasteiger partial charge in [0.15, 0.2) is 0 Å². The van der Waals surface area contributed by atoms with Gasteiger partial charge in [0, 0.05) is 19.5 Å². The van der Waals surface area contributed by atoms with Gasteiger partial charge < -0.3 is 10.6 Å². The van der Waals surface area contributed by atoms with Gasteiger partial charge in [-0.25, -0.2) is 0 Å². The van der Waals surface area contributed by atoms with E-state index in [2.05, 4.69) is 13.8 Å². The summed E-state index contributed by atoms with van der Waals surface area (Å²) in [6.07, 6.45) is 6.41. The van der Waals surface area contributed by atoms with Gasteiger partial charge in [-0.3, -0.25) is 4.79 Å². The fourth-order valence-electron chi connectivity index (χ4n) is 2.64. The summed E-state index contributed by atoms with van der Waals surface area (Å²) in [5, 5.41) is 0. The Bertz CT molecular complexity index is 222. The molecule has 1 heterocycles. The average molecular weight is 240 g/mol. The number of piperidine rings is 1. The molecule has 100 valence electrons. The molecule has 0 aromatic carbocycles. The topological polar surface area (TPSA) is 46.3 Å². The lowest BCUT2D eigenvalue weighted by Gasteiger charge is -2.28. The second-order valence-electron chi connectivity index (χ2n) is 5.56. The Kier molecular flexibility index (Phi) is 6.56. The molecule has 1 rings (SSSR count). The van der Waals surface area contributed by atoms with Gasteiger partial charge >= 0.3 is 0 Å². The molecule has 1 unspecified atom stereocenters. The minimum atomic E-state index is 0.354. The third-order valence-corrected chi connectivity index (χ3v) is 3.92. The van der Waals surface area contributed by atoms with Crippen LogP contribution in [0.5, 0.6) is 0 Å². The molecule has 0 bridgehead atoms. The first kappa shape index (κ1) is 14.5. The summed E-state index contributed by atoms with van der Waals surface area (Å²) in [6.45, 7) is 7.14. The zero-order chi connectivity index (χ0) is 12.7. The maximum Gasteiger partial charge on any atom is 0.222 e. The van der Waals surface area contributed by atoms with Gasteiger partial charge in [-0.2, -0.15) is 0 Å². The van der Waals surface area contributed by atoms with E-state index in [4.69, 9.17) is 5.73 Å². The lowest BCUT2D eigenvalue weighted by Crippen LogP contribution is -2.35. The first-order chi connectivity index (χ1) is 8.15. The van der Waals surface area contributed by atoms with Crippen molar-refractivity contribution in [3.63, 3.8) is 0 Å². The monoisotopic (exact) mass is 240 g/mol. The van der Waals surface area contributed by atoms with E-state index in [9.17, 15) is 4.79 Å². The smallest absolute Gasteiger partial charge is 0.222 e. The number of hydrogen-bond acceptors (Lipinski definition) is 2. The summed E-state index contributed by atoms with van der Waals surface area (Å²) >= 11 is 0. The summed E-state index contributed by atoms with van der Waals surface area (Å²) in [4.78, 5) is 14.1.